The van der Waals surface area contributed by atoms with Crippen LogP contribution in [0.5, 0.6) is 0 Å². The molecule has 1 unspecified atom stereocenters. The maximum Gasteiger partial charge on any atom is 0.243 e. The van der Waals surface area contributed by atoms with Crippen LogP contribution in [-0.2, 0) is 21.4 Å². The van der Waals surface area contributed by atoms with Crippen molar-refractivity contribution in [1.82, 2.24) is 14.2 Å². The molecule has 2 aromatic rings. The molecule has 2 aliphatic rings. The Morgan fingerprint density at radius 1 is 1.17 bits per heavy atom. The summed E-state index contributed by atoms with van der Waals surface area (Å²) in [4.78, 5) is 7.01. The van der Waals surface area contributed by atoms with Crippen molar-refractivity contribution < 1.29 is 13.2 Å². The Morgan fingerprint density at radius 3 is 2.62 bits per heavy atom. The lowest BCUT2D eigenvalue weighted by Gasteiger charge is -2.57. The molecule has 0 amide bonds. The largest absolute Gasteiger partial charge is 0.375 e. The monoisotopic (exact) mass is 415 g/mol. The number of ether oxygens (including phenoxy) is 1. The molecule has 2 fully saturated rings. The van der Waals surface area contributed by atoms with Crippen LogP contribution in [0.15, 0.2) is 53.6 Å². The van der Waals surface area contributed by atoms with Crippen LogP contribution in [0.2, 0.25) is 0 Å². The van der Waals surface area contributed by atoms with Gasteiger partial charge < -0.3 is 4.74 Å². The quantitative estimate of drug-likeness (QED) is 0.726. The number of benzene rings is 1. The molecular formula is C22H29N3O3S. The normalized spacial score (nSPS) is 22.5. The van der Waals surface area contributed by atoms with Gasteiger partial charge in [0, 0.05) is 24.8 Å². The molecule has 2 aliphatic heterocycles. The summed E-state index contributed by atoms with van der Waals surface area (Å²) < 4.78 is 33.4. The van der Waals surface area contributed by atoms with Crippen LogP contribution in [0.1, 0.15) is 24.1 Å². The highest BCUT2D eigenvalue weighted by molar-refractivity contribution is 7.89. The Labute approximate surface area is 173 Å². The number of aryl methyl sites for hydroxylation is 1. The van der Waals surface area contributed by atoms with Gasteiger partial charge in [0.15, 0.2) is 0 Å². The number of hydrogen-bond donors (Lipinski definition) is 0. The van der Waals surface area contributed by atoms with Crippen molar-refractivity contribution in [3.8, 4) is 0 Å². The first-order valence-electron chi connectivity index (χ1n) is 10.1. The summed E-state index contributed by atoms with van der Waals surface area (Å²) in [5, 5.41) is 0. The van der Waals surface area contributed by atoms with Crippen LogP contribution >= 0.6 is 0 Å². The van der Waals surface area contributed by atoms with E-state index >= 15 is 0 Å². The van der Waals surface area contributed by atoms with Gasteiger partial charge in [-0.2, -0.15) is 4.31 Å². The second-order valence-electron chi connectivity index (χ2n) is 8.43. The van der Waals surface area contributed by atoms with E-state index in [1.54, 1.807) is 22.6 Å². The van der Waals surface area contributed by atoms with Gasteiger partial charge in [-0.25, -0.2) is 8.42 Å². The molecule has 1 spiro atoms. The average Bonchev–Trinajstić information content (AvgIpc) is 2.68. The minimum atomic E-state index is -3.42. The first-order chi connectivity index (χ1) is 13.9. The number of likely N-dealkylation sites (tertiary alicyclic amines) is 1. The topological polar surface area (TPSA) is 62.7 Å². The summed E-state index contributed by atoms with van der Waals surface area (Å²) >= 11 is 0. The predicted octanol–water partition coefficient (Wildman–Crippen LogP) is 2.69. The van der Waals surface area contributed by atoms with E-state index in [1.165, 1.54) is 0 Å². The van der Waals surface area contributed by atoms with E-state index in [-0.39, 0.29) is 5.54 Å². The lowest BCUT2D eigenvalue weighted by atomic mass is 9.77. The first-order valence-corrected chi connectivity index (χ1v) is 11.6. The maximum atomic E-state index is 12.9. The number of pyridine rings is 1. The van der Waals surface area contributed by atoms with Gasteiger partial charge in [0.05, 0.1) is 23.8 Å². The zero-order valence-corrected chi connectivity index (χ0v) is 17.9. The van der Waals surface area contributed by atoms with Crippen molar-refractivity contribution in [1.29, 1.82) is 0 Å². The number of likely N-dealkylation sites (N-methyl/N-ethyl adjacent to an activating group) is 1. The van der Waals surface area contributed by atoms with Gasteiger partial charge in [0.1, 0.15) is 0 Å². The van der Waals surface area contributed by atoms with E-state index in [1.807, 2.05) is 37.3 Å². The summed E-state index contributed by atoms with van der Waals surface area (Å²) in [7, 11) is -1.31. The van der Waals surface area contributed by atoms with Crippen LogP contribution in [0, 0.1) is 12.8 Å². The zero-order chi connectivity index (χ0) is 20.5. The highest BCUT2D eigenvalue weighted by Crippen LogP contribution is 2.40. The van der Waals surface area contributed by atoms with Crippen LogP contribution in [-0.4, -0.2) is 61.4 Å². The number of sulfonamides is 1. The van der Waals surface area contributed by atoms with Gasteiger partial charge in [0.25, 0.3) is 0 Å². The fourth-order valence-corrected chi connectivity index (χ4v) is 5.97. The van der Waals surface area contributed by atoms with E-state index in [0.717, 1.165) is 30.6 Å². The molecule has 4 rings (SSSR count). The van der Waals surface area contributed by atoms with Gasteiger partial charge >= 0.3 is 0 Å². The summed E-state index contributed by atoms with van der Waals surface area (Å²) in [6.07, 6.45) is 3.82. The van der Waals surface area contributed by atoms with Crippen molar-refractivity contribution >= 4 is 10.0 Å². The Balaban J connectivity index is 1.35. The molecule has 156 valence electrons. The third-order valence-electron chi connectivity index (χ3n) is 6.28. The minimum Gasteiger partial charge on any atom is -0.375 e. The molecule has 1 aromatic heterocycles. The average molecular weight is 416 g/mol. The third-order valence-corrected chi connectivity index (χ3v) is 8.09. The number of hydrogen-bond acceptors (Lipinski definition) is 5. The van der Waals surface area contributed by atoms with E-state index in [2.05, 4.69) is 16.9 Å². The molecule has 0 bridgehead atoms. The zero-order valence-electron chi connectivity index (χ0n) is 17.1. The van der Waals surface area contributed by atoms with E-state index in [0.29, 0.717) is 37.1 Å². The molecule has 1 atom stereocenters. The lowest BCUT2D eigenvalue weighted by Crippen LogP contribution is -2.72. The van der Waals surface area contributed by atoms with Crippen molar-refractivity contribution in [3.63, 3.8) is 0 Å². The molecule has 0 N–H and O–H groups in total. The van der Waals surface area contributed by atoms with Crippen LogP contribution in [0.4, 0.5) is 0 Å². The number of rotatable bonds is 6. The SMILES string of the molecule is Cc1ccc(S(=O)(=O)N2CC3(CC(COCc4ccccn4)CCN3C)C2)cc1. The molecule has 6 nitrogen and oxygen atoms in total. The fourth-order valence-electron chi connectivity index (χ4n) is 4.37. The third kappa shape index (κ3) is 4.23. The number of nitrogens with zero attached hydrogens (tertiary/aromatic N) is 3. The van der Waals surface area contributed by atoms with Gasteiger partial charge in [-0.05, 0) is 63.5 Å². The molecule has 0 aliphatic carbocycles. The highest BCUT2D eigenvalue weighted by atomic mass is 32.2. The summed E-state index contributed by atoms with van der Waals surface area (Å²) in [6, 6.07) is 12.9. The molecular weight excluding hydrogens is 386 g/mol. The van der Waals surface area contributed by atoms with Gasteiger partial charge in [-0.3, -0.25) is 9.88 Å². The molecule has 0 saturated carbocycles. The van der Waals surface area contributed by atoms with Crippen molar-refractivity contribution in [3.05, 3.63) is 59.9 Å². The highest BCUT2D eigenvalue weighted by Gasteiger charge is 2.53. The van der Waals surface area contributed by atoms with Gasteiger partial charge in [-0.1, -0.05) is 23.8 Å². The van der Waals surface area contributed by atoms with E-state index < -0.39 is 10.0 Å². The lowest BCUT2D eigenvalue weighted by molar-refractivity contribution is -0.0602. The first kappa shape index (κ1) is 20.5. The Morgan fingerprint density at radius 2 is 1.93 bits per heavy atom. The second-order valence-corrected chi connectivity index (χ2v) is 10.4. The smallest absolute Gasteiger partial charge is 0.243 e. The van der Waals surface area contributed by atoms with Gasteiger partial charge in [-0.15, -0.1) is 0 Å². The summed E-state index contributed by atoms with van der Waals surface area (Å²) in [6.45, 7) is 5.25. The Hall–Kier alpha value is -1.80. The molecule has 0 radical (unpaired) electrons. The number of aromatic nitrogens is 1. The summed E-state index contributed by atoms with van der Waals surface area (Å²) in [5.41, 5.74) is 1.92. The van der Waals surface area contributed by atoms with Crippen molar-refractivity contribution in [2.75, 3.05) is 33.3 Å². The van der Waals surface area contributed by atoms with Crippen LogP contribution < -0.4 is 0 Å². The molecule has 2 saturated heterocycles. The predicted molar refractivity (Wildman–Crippen MR) is 112 cm³/mol. The minimum absolute atomic E-state index is 0.0744. The van der Waals surface area contributed by atoms with Crippen molar-refractivity contribution in [2.45, 2.75) is 36.8 Å². The van der Waals surface area contributed by atoms with Crippen molar-refractivity contribution in [2.24, 2.45) is 5.92 Å². The molecule has 7 heteroatoms. The second kappa shape index (κ2) is 8.14. The summed E-state index contributed by atoms with van der Waals surface area (Å²) in [5.74, 6) is 0.444. The van der Waals surface area contributed by atoms with Gasteiger partial charge in [0.2, 0.25) is 10.0 Å². The maximum absolute atomic E-state index is 12.9. The fraction of sp³-hybridized carbons (Fsp3) is 0.500. The van der Waals surface area contributed by atoms with E-state index in [4.69, 9.17) is 4.74 Å². The molecule has 3 heterocycles. The standard InChI is InChI=1S/C22H29N3O3S/c1-18-6-8-21(9-7-18)29(26,27)25-16-22(17-25)13-19(10-12-24(22)2)14-28-15-20-5-3-4-11-23-20/h3-9,11,19H,10,12-17H2,1-2H3. The molecule has 29 heavy (non-hydrogen) atoms. The Bertz CT molecular complexity index is 926. The Kier molecular flexibility index (Phi) is 5.75. The van der Waals surface area contributed by atoms with Crippen LogP contribution in [0.25, 0.3) is 0 Å². The number of piperidine rings is 1. The van der Waals surface area contributed by atoms with Crippen LogP contribution in [0.3, 0.4) is 0 Å². The van der Waals surface area contributed by atoms with E-state index in [9.17, 15) is 8.42 Å². The molecule has 1 aromatic carbocycles.